The molecule has 0 aliphatic heterocycles. The van der Waals surface area contributed by atoms with Gasteiger partial charge in [0.15, 0.2) is 0 Å². The molecule has 2 rings (SSSR count). The average molecular weight is 293 g/mol. The van der Waals surface area contributed by atoms with Crippen molar-refractivity contribution in [2.75, 3.05) is 0 Å². The highest BCUT2D eigenvalue weighted by Crippen LogP contribution is 2.34. The number of carboxylic acids is 1. The van der Waals surface area contributed by atoms with E-state index in [0.29, 0.717) is 31.6 Å². The molecule has 1 amide bonds. The molecule has 1 aromatic carbocycles. The molecule has 0 heterocycles. The Kier molecular flexibility index (Phi) is 4.06. The normalized spacial score (nSPS) is 25.3. The van der Waals surface area contributed by atoms with Crippen LogP contribution in [0.25, 0.3) is 0 Å². The quantitative estimate of drug-likeness (QED) is 0.680. The average Bonchev–Trinajstić information content (AvgIpc) is 2.41. The molecule has 0 atom stereocenters. The number of aliphatic carboxylic acids is 1. The van der Waals surface area contributed by atoms with Gasteiger partial charge < -0.3 is 20.6 Å². The van der Waals surface area contributed by atoms with Crippen molar-refractivity contribution in [2.24, 2.45) is 5.92 Å². The molecule has 114 valence electrons. The lowest BCUT2D eigenvalue weighted by molar-refractivity contribution is -0.146. The zero-order chi connectivity index (χ0) is 15.6. The first-order valence-corrected chi connectivity index (χ1v) is 6.92. The minimum Gasteiger partial charge on any atom is -0.507 e. The summed E-state index contributed by atoms with van der Waals surface area (Å²) in [5, 5.41) is 31.3. The standard InChI is InChI=1S/C15H19NO5/c1-9-5-7-15(8-6-9,14(20)21)16-13(19)12-10(17)3-2-4-11(12)18/h2-4,9,17-18H,5-8H2,1H3,(H,16,19)(H,20,21). The number of benzene rings is 1. The second-order valence-electron chi connectivity index (χ2n) is 5.70. The van der Waals surface area contributed by atoms with Crippen LogP contribution in [0.1, 0.15) is 43.0 Å². The molecule has 0 saturated heterocycles. The Bertz CT molecular complexity index is 541. The molecule has 1 aliphatic rings. The number of phenolic OH excluding ortho intramolecular Hbond substituents is 2. The van der Waals surface area contributed by atoms with E-state index < -0.39 is 17.4 Å². The number of aromatic hydroxyl groups is 2. The molecule has 0 spiro atoms. The van der Waals surface area contributed by atoms with Gasteiger partial charge >= 0.3 is 5.97 Å². The van der Waals surface area contributed by atoms with E-state index in [9.17, 15) is 24.9 Å². The number of amides is 1. The van der Waals surface area contributed by atoms with Crippen molar-refractivity contribution >= 4 is 11.9 Å². The maximum Gasteiger partial charge on any atom is 0.329 e. The lowest BCUT2D eigenvalue weighted by Crippen LogP contribution is -2.56. The van der Waals surface area contributed by atoms with Crippen molar-refractivity contribution in [2.45, 2.75) is 38.1 Å². The second-order valence-corrected chi connectivity index (χ2v) is 5.70. The largest absolute Gasteiger partial charge is 0.507 e. The minimum atomic E-state index is -1.34. The fourth-order valence-electron chi connectivity index (χ4n) is 2.69. The van der Waals surface area contributed by atoms with Gasteiger partial charge in [-0.15, -0.1) is 0 Å². The van der Waals surface area contributed by atoms with Crippen LogP contribution < -0.4 is 5.32 Å². The third-order valence-electron chi connectivity index (χ3n) is 4.14. The molecule has 21 heavy (non-hydrogen) atoms. The molecular weight excluding hydrogens is 274 g/mol. The highest BCUT2D eigenvalue weighted by atomic mass is 16.4. The number of carboxylic acid groups (broad SMARTS) is 1. The summed E-state index contributed by atoms with van der Waals surface area (Å²) in [6.07, 6.45) is 2.09. The SMILES string of the molecule is CC1CCC(NC(=O)c2c(O)cccc2O)(C(=O)O)CC1. The fourth-order valence-corrected chi connectivity index (χ4v) is 2.69. The fraction of sp³-hybridized carbons (Fsp3) is 0.467. The maximum atomic E-state index is 12.3. The Labute approximate surface area is 122 Å². The van der Waals surface area contributed by atoms with Gasteiger partial charge in [-0.3, -0.25) is 4.79 Å². The number of nitrogens with one attached hydrogen (secondary N) is 1. The molecule has 1 saturated carbocycles. The molecule has 6 nitrogen and oxygen atoms in total. The Hall–Kier alpha value is -2.24. The molecule has 0 bridgehead atoms. The number of carbonyl (C=O) groups excluding carboxylic acids is 1. The van der Waals surface area contributed by atoms with E-state index >= 15 is 0 Å². The van der Waals surface area contributed by atoms with Gasteiger partial charge in [0.1, 0.15) is 22.6 Å². The Morgan fingerprint density at radius 3 is 2.19 bits per heavy atom. The van der Waals surface area contributed by atoms with Crippen molar-refractivity contribution in [1.29, 1.82) is 0 Å². The van der Waals surface area contributed by atoms with Gasteiger partial charge in [-0.05, 0) is 43.7 Å². The molecule has 1 aromatic rings. The van der Waals surface area contributed by atoms with Crippen LogP contribution in [-0.4, -0.2) is 32.7 Å². The van der Waals surface area contributed by atoms with Gasteiger partial charge in [0.2, 0.25) is 0 Å². The number of carbonyl (C=O) groups is 2. The molecule has 4 N–H and O–H groups in total. The number of hydrogen-bond acceptors (Lipinski definition) is 4. The van der Waals surface area contributed by atoms with Crippen LogP contribution in [0.15, 0.2) is 18.2 Å². The van der Waals surface area contributed by atoms with E-state index in [-0.39, 0.29) is 17.1 Å². The van der Waals surface area contributed by atoms with Crippen LogP contribution in [-0.2, 0) is 4.79 Å². The monoisotopic (exact) mass is 293 g/mol. The van der Waals surface area contributed by atoms with E-state index in [1.165, 1.54) is 18.2 Å². The maximum absolute atomic E-state index is 12.3. The topological polar surface area (TPSA) is 107 Å². The first kappa shape index (κ1) is 15.2. The van der Waals surface area contributed by atoms with Gasteiger partial charge in [-0.1, -0.05) is 13.0 Å². The van der Waals surface area contributed by atoms with Crippen molar-refractivity contribution < 1.29 is 24.9 Å². The lowest BCUT2D eigenvalue weighted by atomic mass is 9.77. The highest BCUT2D eigenvalue weighted by molar-refractivity contribution is 6.02. The van der Waals surface area contributed by atoms with Gasteiger partial charge in [0.05, 0.1) is 0 Å². The molecule has 1 aliphatic carbocycles. The van der Waals surface area contributed by atoms with Crippen molar-refractivity contribution in [1.82, 2.24) is 5.32 Å². The van der Waals surface area contributed by atoms with E-state index in [1.54, 1.807) is 0 Å². The summed E-state index contributed by atoms with van der Waals surface area (Å²) in [7, 11) is 0. The summed E-state index contributed by atoms with van der Waals surface area (Å²) in [6, 6.07) is 3.94. The van der Waals surface area contributed by atoms with Crippen LogP contribution in [0.2, 0.25) is 0 Å². The van der Waals surface area contributed by atoms with Crippen LogP contribution in [0.3, 0.4) is 0 Å². The predicted molar refractivity (Wildman–Crippen MR) is 75.2 cm³/mol. The highest BCUT2D eigenvalue weighted by Gasteiger charge is 2.43. The molecule has 0 aromatic heterocycles. The van der Waals surface area contributed by atoms with Crippen molar-refractivity contribution in [3.63, 3.8) is 0 Å². The molecule has 1 fully saturated rings. The Morgan fingerprint density at radius 1 is 1.19 bits per heavy atom. The van der Waals surface area contributed by atoms with Crippen LogP contribution in [0, 0.1) is 5.92 Å². The number of phenols is 2. The van der Waals surface area contributed by atoms with Crippen molar-refractivity contribution in [3.8, 4) is 11.5 Å². The smallest absolute Gasteiger partial charge is 0.329 e. The third-order valence-corrected chi connectivity index (χ3v) is 4.14. The van der Waals surface area contributed by atoms with Gasteiger partial charge in [0, 0.05) is 0 Å². The number of rotatable bonds is 3. The molecule has 0 unspecified atom stereocenters. The predicted octanol–water partition coefficient (Wildman–Crippen LogP) is 1.86. The summed E-state index contributed by atoms with van der Waals surface area (Å²) >= 11 is 0. The molecule has 0 radical (unpaired) electrons. The van der Waals surface area contributed by atoms with E-state index in [4.69, 9.17) is 0 Å². The summed E-state index contributed by atoms with van der Waals surface area (Å²) in [5.74, 6) is -2.19. The van der Waals surface area contributed by atoms with Gasteiger partial charge in [-0.25, -0.2) is 4.79 Å². The Balaban J connectivity index is 2.26. The second kappa shape index (κ2) is 5.63. The van der Waals surface area contributed by atoms with Gasteiger partial charge in [0.25, 0.3) is 5.91 Å². The minimum absolute atomic E-state index is 0.295. The first-order chi connectivity index (χ1) is 9.85. The van der Waals surface area contributed by atoms with Crippen LogP contribution in [0.5, 0.6) is 11.5 Å². The van der Waals surface area contributed by atoms with E-state index in [2.05, 4.69) is 5.32 Å². The van der Waals surface area contributed by atoms with Gasteiger partial charge in [-0.2, -0.15) is 0 Å². The van der Waals surface area contributed by atoms with E-state index in [1.807, 2.05) is 6.92 Å². The zero-order valence-electron chi connectivity index (χ0n) is 11.8. The Morgan fingerprint density at radius 2 is 1.71 bits per heavy atom. The third kappa shape index (κ3) is 2.94. The summed E-state index contributed by atoms with van der Waals surface area (Å²) in [4.78, 5) is 23.8. The number of hydrogen-bond donors (Lipinski definition) is 4. The first-order valence-electron chi connectivity index (χ1n) is 6.92. The summed E-state index contributed by atoms with van der Waals surface area (Å²) in [6.45, 7) is 2.04. The van der Waals surface area contributed by atoms with Crippen molar-refractivity contribution in [3.05, 3.63) is 23.8 Å². The summed E-state index contributed by atoms with van der Waals surface area (Å²) in [5.41, 5.74) is -1.63. The summed E-state index contributed by atoms with van der Waals surface area (Å²) < 4.78 is 0. The van der Waals surface area contributed by atoms with Crippen LogP contribution >= 0.6 is 0 Å². The zero-order valence-corrected chi connectivity index (χ0v) is 11.8. The molecular formula is C15H19NO5. The molecule has 6 heteroatoms. The van der Waals surface area contributed by atoms with Crippen LogP contribution in [0.4, 0.5) is 0 Å². The lowest BCUT2D eigenvalue weighted by Gasteiger charge is -2.36. The van der Waals surface area contributed by atoms with E-state index in [0.717, 1.165) is 0 Å².